The molecular formula is C21H22N2O. The molecule has 1 aliphatic heterocycles. The van der Waals surface area contributed by atoms with Crippen LogP contribution >= 0.6 is 0 Å². The monoisotopic (exact) mass is 318 g/mol. The number of hydrogen-bond donors (Lipinski definition) is 0. The van der Waals surface area contributed by atoms with Gasteiger partial charge in [0.05, 0.1) is 12.7 Å². The fourth-order valence-corrected chi connectivity index (χ4v) is 3.62. The van der Waals surface area contributed by atoms with Crippen LogP contribution in [-0.2, 0) is 19.4 Å². The molecule has 0 N–H and O–H groups in total. The third-order valence-electron chi connectivity index (χ3n) is 4.80. The van der Waals surface area contributed by atoms with Gasteiger partial charge < -0.3 is 4.42 Å². The summed E-state index contributed by atoms with van der Waals surface area (Å²) < 4.78 is 5.72. The lowest BCUT2D eigenvalue weighted by molar-refractivity contribution is 0.158. The van der Waals surface area contributed by atoms with Gasteiger partial charge in [-0.3, -0.25) is 4.90 Å². The second-order valence-corrected chi connectivity index (χ2v) is 6.49. The van der Waals surface area contributed by atoms with Crippen LogP contribution in [0.15, 0.2) is 65.2 Å². The Hall–Kier alpha value is -2.39. The van der Waals surface area contributed by atoms with Crippen LogP contribution in [-0.4, -0.2) is 16.4 Å². The minimum atomic E-state index is 0.365. The number of hydrogen-bond acceptors (Lipinski definition) is 3. The second-order valence-electron chi connectivity index (χ2n) is 6.49. The van der Waals surface area contributed by atoms with Gasteiger partial charge in [0.25, 0.3) is 0 Å². The molecular weight excluding hydrogens is 296 g/mol. The van der Waals surface area contributed by atoms with E-state index in [2.05, 4.69) is 64.5 Å². The van der Waals surface area contributed by atoms with Gasteiger partial charge in [0, 0.05) is 12.6 Å². The summed E-state index contributed by atoms with van der Waals surface area (Å²) in [4.78, 5) is 6.90. The Labute approximate surface area is 143 Å². The average Bonchev–Trinajstić information content (AvgIpc) is 3.03. The van der Waals surface area contributed by atoms with E-state index in [0.717, 1.165) is 37.6 Å². The number of fused-ring (bicyclic) bond motifs is 1. The molecule has 2 aromatic carbocycles. The van der Waals surface area contributed by atoms with Crippen molar-refractivity contribution in [2.45, 2.75) is 32.4 Å². The molecule has 0 spiro atoms. The Kier molecular flexibility index (Phi) is 4.18. The van der Waals surface area contributed by atoms with E-state index >= 15 is 0 Å². The van der Waals surface area contributed by atoms with E-state index in [-0.39, 0.29) is 0 Å². The molecule has 0 aliphatic carbocycles. The zero-order chi connectivity index (χ0) is 16.4. The minimum absolute atomic E-state index is 0.365. The molecule has 0 unspecified atom stereocenters. The summed E-state index contributed by atoms with van der Waals surface area (Å²) in [6.45, 7) is 3.75. The Morgan fingerprint density at radius 3 is 2.67 bits per heavy atom. The molecule has 1 aromatic heterocycles. The zero-order valence-electron chi connectivity index (χ0n) is 14.0. The largest absolute Gasteiger partial charge is 0.445 e. The summed E-state index contributed by atoms with van der Waals surface area (Å²) in [7, 11) is 0. The van der Waals surface area contributed by atoms with Crippen molar-refractivity contribution in [1.82, 2.24) is 9.88 Å². The minimum Gasteiger partial charge on any atom is -0.445 e. The molecule has 0 radical (unpaired) electrons. The van der Waals surface area contributed by atoms with Crippen LogP contribution in [0.4, 0.5) is 0 Å². The molecule has 1 atom stereocenters. The average molecular weight is 318 g/mol. The van der Waals surface area contributed by atoms with Gasteiger partial charge in [-0.05, 0) is 36.5 Å². The number of rotatable bonds is 4. The zero-order valence-corrected chi connectivity index (χ0v) is 14.0. The molecule has 1 aliphatic rings. The van der Waals surface area contributed by atoms with E-state index in [1.165, 1.54) is 16.7 Å². The number of oxazole rings is 1. The maximum Gasteiger partial charge on any atom is 0.208 e. The summed E-state index contributed by atoms with van der Waals surface area (Å²) in [5, 5.41) is 0. The maximum absolute atomic E-state index is 5.72. The van der Waals surface area contributed by atoms with Crippen molar-refractivity contribution >= 4 is 0 Å². The Morgan fingerprint density at radius 2 is 1.88 bits per heavy atom. The molecule has 122 valence electrons. The molecule has 0 amide bonds. The third-order valence-corrected chi connectivity index (χ3v) is 4.80. The quantitative estimate of drug-likeness (QED) is 0.717. The first-order chi connectivity index (χ1) is 11.8. The first kappa shape index (κ1) is 15.2. The highest BCUT2D eigenvalue weighted by Crippen LogP contribution is 2.33. The van der Waals surface area contributed by atoms with Gasteiger partial charge in [-0.2, -0.15) is 0 Å². The summed E-state index contributed by atoms with van der Waals surface area (Å²) >= 11 is 0. The van der Waals surface area contributed by atoms with E-state index < -0.39 is 0 Å². The highest BCUT2D eigenvalue weighted by Gasteiger charge is 2.28. The van der Waals surface area contributed by atoms with E-state index in [0.29, 0.717) is 6.04 Å². The summed E-state index contributed by atoms with van der Waals surface area (Å²) in [5.74, 6) is 1.69. The lowest BCUT2D eigenvalue weighted by Gasteiger charge is -2.36. The van der Waals surface area contributed by atoms with Gasteiger partial charge in [0.1, 0.15) is 5.76 Å². The molecule has 24 heavy (non-hydrogen) atoms. The Morgan fingerprint density at radius 1 is 1.08 bits per heavy atom. The summed E-state index contributed by atoms with van der Waals surface area (Å²) in [6.07, 6.45) is 3.90. The standard InChI is InChI=1S/C21H22N2O/c1-16-14-22-21(24-16)15-23-12-11-18-9-5-6-10-19(18)20(23)13-17-7-3-2-4-8-17/h2-10,14,20H,11-13,15H2,1H3/t20-/m1/s1. The molecule has 0 saturated heterocycles. The molecule has 0 saturated carbocycles. The van der Waals surface area contributed by atoms with Crippen LogP contribution in [0, 0.1) is 6.92 Å². The Bertz CT molecular complexity index is 809. The van der Waals surface area contributed by atoms with Crippen molar-refractivity contribution in [2.24, 2.45) is 0 Å². The molecule has 0 bridgehead atoms. The molecule has 3 aromatic rings. The number of nitrogens with zero attached hydrogens (tertiary/aromatic N) is 2. The van der Waals surface area contributed by atoms with E-state index in [9.17, 15) is 0 Å². The second kappa shape index (κ2) is 6.62. The first-order valence-corrected chi connectivity index (χ1v) is 8.57. The molecule has 0 fully saturated rings. The van der Waals surface area contributed by atoms with E-state index in [1.807, 2.05) is 6.92 Å². The van der Waals surface area contributed by atoms with Gasteiger partial charge in [0.2, 0.25) is 5.89 Å². The fraction of sp³-hybridized carbons (Fsp3) is 0.286. The van der Waals surface area contributed by atoms with Crippen LogP contribution in [0.3, 0.4) is 0 Å². The summed E-state index contributed by atoms with van der Waals surface area (Å²) in [5.41, 5.74) is 4.28. The lowest BCUT2D eigenvalue weighted by Crippen LogP contribution is -2.36. The van der Waals surface area contributed by atoms with Crippen molar-refractivity contribution in [1.29, 1.82) is 0 Å². The highest BCUT2D eigenvalue weighted by atomic mass is 16.4. The lowest BCUT2D eigenvalue weighted by atomic mass is 9.88. The highest BCUT2D eigenvalue weighted by molar-refractivity contribution is 5.34. The third kappa shape index (κ3) is 3.13. The molecule has 4 rings (SSSR count). The van der Waals surface area contributed by atoms with Gasteiger partial charge in [-0.15, -0.1) is 0 Å². The predicted molar refractivity (Wildman–Crippen MR) is 94.7 cm³/mol. The van der Waals surface area contributed by atoms with Gasteiger partial charge in [-0.25, -0.2) is 4.98 Å². The molecule has 3 heteroatoms. The van der Waals surface area contributed by atoms with Gasteiger partial charge in [-0.1, -0.05) is 54.6 Å². The van der Waals surface area contributed by atoms with Crippen LogP contribution in [0.1, 0.15) is 34.4 Å². The topological polar surface area (TPSA) is 29.3 Å². The van der Waals surface area contributed by atoms with E-state index in [4.69, 9.17) is 4.42 Å². The Balaban J connectivity index is 1.64. The predicted octanol–water partition coefficient (Wildman–Crippen LogP) is 4.33. The smallest absolute Gasteiger partial charge is 0.208 e. The SMILES string of the molecule is Cc1cnc(CN2CCc3ccccc3[C@H]2Cc2ccccc2)o1. The van der Waals surface area contributed by atoms with Gasteiger partial charge >= 0.3 is 0 Å². The number of aryl methyl sites for hydroxylation is 1. The fourth-order valence-electron chi connectivity index (χ4n) is 3.62. The number of benzene rings is 2. The van der Waals surface area contributed by atoms with Crippen LogP contribution in [0.2, 0.25) is 0 Å². The van der Waals surface area contributed by atoms with Crippen LogP contribution < -0.4 is 0 Å². The van der Waals surface area contributed by atoms with Crippen molar-refractivity contribution in [3.8, 4) is 0 Å². The van der Waals surface area contributed by atoms with Crippen LogP contribution in [0.5, 0.6) is 0 Å². The molecule has 3 nitrogen and oxygen atoms in total. The summed E-state index contributed by atoms with van der Waals surface area (Å²) in [6, 6.07) is 19.9. The van der Waals surface area contributed by atoms with Crippen molar-refractivity contribution in [2.75, 3.05) is 6.54 Å². The number of aromatic nitrogens is 1. The van der Waals surface area contributed by atoms with Crippen molar-refractivity contribution in [3.63, 3.8) is 0 Å². The van der Waals surface area contributed by atoms with E-state index in [1.54, 1.807) is 6.20 Å². The van der Waals surface area contributed by atoms with Crippen LogP contribution in [0.25, 0.3) is 0 Å². The van der Waals surface area contributed by atoms with Crippen molar-refractivity contribution in [3.05, 3.63) is 89.1 Å². The van der Waals surface area contributed by atoms with Crippen molar-refractivity contribution < 1.29 is 4.42 Å². The normalized spacial score (nSPS) is 17.6. The maximum atomic E-state index is 5.72. The first-order valence-electron chi connectivity index (χ1n) is 8.57. The van der Waals surface area contributed by atoms with Gasteiger partial charge in [0.15, 0.2) is 0 Å². The molecule has 2 heterocycles.